The normalized spacial score (nSPS) is 17.0. The number of halogens is 5. The van der Waals surface area contributed by atoms with E-state index in [0.717, 1.165) is 37.5 Å². The Kier molecular flexibility index (Phi) is 4.75. The van der Waals surface area contributed by atoms with Crippen molar-refractivity contribution in [3.05, 3.63) is 34.1 Å². The van der Waals surface area contributed by atoms with E-state index in [1.54, 1.807) is 0 Å². The first-order valence-electron chi connectivity index (χ1n) is 6.26. The van der Waals surface area contributed by atoms with E-state index in [0.29, 0.717) is 0 Å². The van der Waals surface area contributed by atoms with Crippen LogP contribution < -0.4 is 5.32 Å². The van der Waals surface area contributed by atoms with Crippen LogP contribution in [0.3, 0.4) is 0 Å². The minimum absolute atomic E-state index is 0.128. The van der Waals surface area contributed by atoms with Gasteiger partial charge in [0.25, 0.3) is 0 Å². The van der Waals surface area contributed by atoms with Gasteiger partial charge in [-0.25, -0.2) is 9.18 Å². The summed E-state index contributed by atoms with van der Waals surface area (Å²) in [6, 6.07) is 2.64. The first kappa shape index (κ1) is 16.1. The van der Waals surface area contributed by atoms with Crippen LogP contribution in [0.1, 0.15) is 30.9 Å². The maximum atomic E-state index is 13.1. The number of nitrogens with one attached hydrogen (secondary N) is 1. The largest absolute Gasteiger partial charge is 0.432 e. The molecule has 1 unspecified atom stereocenters. The van der Waals surface area contributed by atoms with E-state index in [1.807, 2.05) is 0 Å². The molecule has 8 heteroatoms. The van der Waals surface area contributed by atoms with Crippen molar-refractivity contribution in [1.29, 1.82) is 0 Å². The lowest BCUT2D eigenvalue weighted by molar-refractivity contribution is -0.206. The highest BCUT2D eigenvalue weighted by molar-refractivity contribution is 9.10. The number of benzene rings is 1. The molecule has 1 N–H and O–H groups in total. The third kappa shape index (κ3) is 4.09. The number of ether oxygens (including phenoxy) is 1. The standard InChI is InChI=1S/C13H12BrF4NO2/c14-9-6-7(4-5-10(9)15)11(13(16,17)18)21-12(20)19-8-2-1-3-8/h4-6,8,11H,1-3H2,(H,19,20). The number of rotatable bonds is 3. The van der Waals surface area contributed by atoms with E-state index in [-0.39, 0.29) is 16.1 Å². The second kappa shape index (κ2) is 6.21. The summed E-state index contributed by atoms with van der Waals surface area (Å²) in [5, 5.41) is 2.37. The summed E-state index contributed by atoms with van der Waals surface area (Å²) < 4.78 is 56.5. The minimum Gasteiger partial charge on any atom is -0.432 e. The van der Waals surface area contributed by atoms with Crippen molar-refractivity contribution < 1.29 is 27.1 Å². The van der Waals surface area contributed by atoms with Crippen molar-refractivity contribution in [1.82, 2.24) is 5.32 Å². The van der Waals surface area contributed by atoms with Gasteiger partial charge in [0, 0.05) is 11.6 Å². The van der Waals surface area contributed by atoms with Crippen LogP contribution >= 0.6 is 15.9 Å². The molecule has 0 saturated heterocycles. The molecule has 0 aliphatic heterocycles. The fraction of sp³-hybridized carbons (Fsp3) is 0.462. The topological polar surface area (TPSA) is 38.3 Å². The number of hydrogen-bond donors (Lipinski definition) is 1. The zero-order valence-electron chi connectivity index (χ0n) is 10.7. The Morgan fingerprint density at radius 3 is 2.52 bits per heavy atom. The summed E-state index contributed by atoms with van der Waals surface area (Å²) in [4.78, 5) is 11.5. The van der Waals surface area contributed by atoms with Crippen molar-refractivity contribution in [3.8, 4) is 0 Å². The fourth-order valence-corrected chi connectivity index (χ4v) is 2.26. The quantitative estimate of drug-likeness (QED) is 0.798. The first-order valence-corrected chi connectivity index (χ1v) is 7.05. The van der Waals surface area contributed by atoms with E-state index >= 15 is 0 Å². The molecular weight excluding hydrogens is 358 g/mol. The molecule has 1 amide bonds. The molecule has 1 atom stereocenters. The summed E-state index contributed by atoms with van der Waals surface area (Å²) in [5.41, 5.74) is -0.348. The number of alkyl carbamates (subject to hydrolysis) is 1. The Hall–Kier alpha value is -1.31. The maximum absolute atomic E-state index is 13.1. The van der Waals surface area contributed by atoms with E-state index in [9.17, 15) is 22.4 Å². The van der Waals surface area contributed by atoms with Crippen LogP contribution in [0.15, 0.2) is 22.7 Å². The predicted molar refractivity (Wildman–Crippen MR) is 70.2 cm³/mol. The van der Waals surface area contributed by atoms with Crippen molar-refractivity contribution in [2.45, 2.75) is 37.6 Å². The highest BCUT2D eigenvalue weighted by Gasteiger charge is 2.44. The molecule has 1 aliphatic carbocycles. The SMILES string of the molecule is O=C(NC1CCC1)OC(c1ccc(F)c(Br)c1)C(F)(F)F. The first-order chi connectivity index (χ1) is 9.77. The van der Waals surface area contributed by atoms with Gasteiger partial charge in [0.1, 0.15) is 5.82 Å². The Labute approximate surface area is 126 Å². The predicted octanol–water partition coefficient (Wildman–Crippen LogP) is 4.47. The van der Waals surface area contributed by atoms with Crippen molar-refractivity contribution in [3.63, 3.8) is 0 Å². The third-order valence-corrected chi connectivity index (χ3v) is 3.80. The molecule has 2 rings (SSSR count). The molecular formula is C13H12BrF4NO2. The van der Waals surface area contributed by atoms with Crippen LogP contribution in [0.5, 0.6) is 0 Å². The molecule has 3 nitrogen and oxygen atoms in total. The fourth-order valence-electron chi connectivity index (χ4n) is 1.86. The van der Waals surface area contributed by atoms with Gasteiger partial charge in [0.05, 0.1) is 4.47 Å². The van der Waals surface area contributed by atoms with Gasteiger partial charge in [-0.05, 0) is 47.3 Å². The second-order valence-corrected chi connectivity index (χ2v) is 5.63. The Morgan fingerprint density at radius 2 is 2.05 bits per heavy atom. The van der Waals surface area contributed by atoms with Gasteiger partial charge in [-0.15, -0.1) is 0 Å². The van der Waals surface area contributed by atoms with E-state index in [1.165, 1.54) is 0 Å². The van der Waals surface area contributed by atoms with Gasteiger partial charge in [0.2, 0.25) is 6.10 Å². The monoisotopic (exact) mass is 369 g/mol. The Bertz CT molecular complexity index is 531. The zero-order valence-corrected chi connectivity index (χ0v) is 12.3. The van der Waals surface area contributed by atoms with Gasteiger partial charge in [-0.1, -0.05) is 6.07 Å². The average Bonchev–Trinajstić information content (AvgIpc) is 2.33. The summed E-state index contributed by atoms with van der Waals surface area (Å²) in [7, 11) is 0. The summed E-state index contributed by atoms with van der Waals surface area (Å²) >= 11 is 2.81. The number of amides is 1. The Morgan fingerprint density at radius 1 is 1.38 bits per heavy atom. The highest BCUT2D eigenvalue weighted by atomic mass is 79.9. The maximum Gasteiger partial charge on any atom is 0.429 e. The lowest BCUT2D eigenvalue weighted by atomic mass is 9.93. The number of carbonyl (C=O) groups is 1. The van der Waals surface area contributed by atoms with Crippen LogP contribution in [-0.2, 0) is 4.74 Å². The summed E-state index contributed by atoms with van der Waals surface area (Å²) in [5.74, 6) is -0.696. The van der Waals surface area contributed by atoms with Gasteiger partial charge in [-0.3, -0.25) is 0 Å². The van der Waals surface area contributed by atoms with E-state index in [2.05, 4.69) is 26.0 Å². The molecule has 1 saturated carbocycles. The van der Waals surface area contributed by atoms with E-state index in [4.69, 9.17) is 0 Å². The lowest BCUT2D eigenvalue weighted by Gasteiger charge is -2.28. The molecule has 0 aromatic heterocycles. The molecule has 0 bridgehead atoms. The van der Waals surface area contributed by atoms with Crippen LogP contribution in [-0.4, -0.2) is 18.3 Å². The van der Waals surface area contributed by atoms with Crippen LogP contribution in [0.4, 0.5) is 22.4 Å². The molecule has 0 heterocycles. The summed E-state index contributed by atoms with van der Waals surface area (Å²) in [6.45, 7) is 0. The van der Waals surface area contributed by atoms with Crippen molar-refractivity contribution in [2.75, 3.05) is 0 Å². The van der Waals surface area contributed by atoms with E-state index < -0.39 is 24.2 Å². The molecule has 1 aromatic rings. The van der Waals surface area contributed by atoms with Crippen LogP contribution in [0, 0.1) is 5.82 Å². The van der Waals surface area contributed by atoms with Gasteiger partial charge < -0.3 is 10.1 Å². The second-order valence-electron chi connectivity index (χ2n) is 4.77. The Balaban J connectivity index is 2.13. The smallest absolute Gasteiger partial charge is 0.429 e. The molecule has 0 spiro atoms. The zero-order chi connectivity index (χ0) is 15.6. The van der Waals surface area contributed by atoms with Crippen LogP contribution in [0.2, 0.25) is 0 Å². The van der Waals surface area contributed by atoms with Crippen LogP contribution in [0.25, 0.3) is 0 Å². The third-order valence-electron chi connectivity index (χ3n) is 3.20. The molecule has 116 valence electrons. The van der Waals surface area contributed by atoms with Crippen molar-refractivity contribution in [2.24, 2.45) is 0 Å². The lowest BCUT2D eigenvalue weighted by Crippen LogP contribution is -2.41. The molecule has 21 heavy (non-hydrogen) atoms. The van der Waals surface area contributed by atoms with Gasteiger partial charge in [0.15, 0.2) is 0 Å². The molecule has 1 fully saturated rings. The summed E-state index contributed by atoms with van der Waals surface area (Å²) in [6.07, 6.45) is -5.95. The number of carbonyl (C=O) groups excluding carboxylic acids is 1. The number of hydrogen-bond acceptors (Lipinski definition) is 2. The highest BCUT2D eigenvalue weighted by Crippen LogP contribution is 2.37. The number of alkyl halides is 3. The van der Waals surface area contributed by atoms with Gasteiger partial charge >= 0.3 is 12.3 Å². The average molecular weight is 370 g/mol. The van der Waals surface area contributed by atoms with Gasteiger partial charge in [-0.2, -0.15) is 13.2 Å². The van der Waals surface area contributed by atoms with Crippen molar-refractivity contribution >= 4 is 22.0 Å². The minimum atomic E-state index is -4.78. The molecule has 0 radical (unpaired) electrons. The molecule has 1 aliphatic rings. The molecule has 1 aromatic carbocycles.